The second-order valence-electron chi connectivity index (χ2n) is 2.64. The lowest BCUT2D eigenvalue weighted by Crippen LogP contribution is -2.00. The summed E-state index contributed by atoms with van der Waals surface area (Å²) in [5.41, 5.74) is 0.286. The Bertz CT molecular complexity index is 455. The molecule has 1 rings (SSSR count). The van der Waals surface area contributed by atoms with Crippen LogP contribution in [0.15, 0.2) is 18.2 Å². The standard InChI is InChI=1S/C11H7ClO3/c12-9-6-3-5-8(4-1-2-7-13)10(9)11(14)15/h3,5-7H,2H2,(H,14,15). The predicted molar refractivity (Wildman–Crippen MR) is 56.0 cm³/mol. The quantitative estimate of drug-likeness (QED) is 0.615. The number of hydrogen-bond donors (Lipinski definition) is 1. The Balaban J connectivity index is 3.19. The zero-order chi connectivity index (χ0) is 11.3. The molecular formula is C11H7ClO3. The van der Waals surface area contributed by atoms with Gasteiger partial charge in [-0.2, -0.15) is 0 Å². The van der Waals surface area contributed by atoms with Gasteiger partial charge in [0.05, 0.1) is 17.0 Å². The van der Waals surface area contributed by atoms with E-state index in [1.165, 1.54) is 6.07 Å². The van der Waals surface area contributed by atoms with Crippen LogP contribution in [0.25, 0.3) is 0 Å². The van der Waals surface area contributed by atoms with Crippen molar-refractivity contribution in [3.8, 4) is 11.8 Å². The van der Waals surface area contributed by atoms with Gasteiger partial charge >= 0.3 is 5.97 Å². The number of hydrogen-bond acceptors (Lipinski definition) is 2. The van der Waals surface area contributed by atoms with Gasteiger partial charge in [0.25, 0.3) is 0 Å². The van der Waals surface area contributed by atoms with Crippen molar-refractivity contribution in [2.24, 2.45) is 0 Å². The van der Waals surface area contributed by atoms with E-state index in [2.05, 4.69) is 11.8 Å². The molecular weight excluding hydrogens is 216 g/mol. The monoisotopic (exact) mass is 222 g/mol. The predicted octanol–water partition coefficient (Wildman–Crippen LogP) is 1.98. The molecule has 0 radical (unpaired) electrons. The van der Waals surface area contributed by atoms with Crippen molar-refractivity contribution in [3.63, 3.8) is 0 Å². The van der Waals surface area contributed by atoms with Gasteiger partial charge in [-0.3, -0.25) is 0 Å². The molecule has 0 heterocycles. The molecule has 0 bridgehead atoms. The highest BCUT2D eigenvalue weighted by Gasteiger charge is 2.12. The summed E-state index contributed by atoms with van der Waals surface area (Å²) in [6, 6.07) is 4.64. The average Bonchev–Trinajstić information content (AvgIpc) is 2.17. The van der Waals surface area contributed by atoms with Crippen molar-refractivity contribution in [2.45, 2.75) is 6.42 Å². The molecule has 0 fully saturated rings. The maximum Gasteiger partial charge on any atom is 0.338 e. The number of carboxylic acids is 1. The summed E-state index contributed by atoms with van der Waals surface area (Å²) in [5, 5.41) is 9.02. The number of aromatic carboxylic acids is 1. The fraction of sp³-hybridized carbons (Fsp3) is 0.0909. The second kappa shape index (κ2) is 5.18. The first-order valence-corrected chi connectivity index (χ1v) is 4.49. The Morgan fingerprint density at radius 2 is 2.27 bits per heavy atom. The molecule has 76 valence electrons. The number of carbonyl (C=O) groups excluding carboxylic acids is 1. The van der Waals surface area contributed by atoms with Crippen molar-refractivity contribution in [2.75, 3.05) is 0 Å². The van der Waals surface area contributed by atoms with Crippen molar-refractivity contribution in [1.29, 1.82) is 0 Å². The van der Waals surface area contributed by atoms with Gasteiger partial charge in [-0.1, -0.05) is 29.5 Å². The third-order valence-electron chi connectivity index (χ3n) is 1.64. The number of benzene rings is 1. The first kappa shape index (κ1) is 11.3. The average molecular weight is 223 g/mol. The van der Waals surface area contributed by atoms with Gasteiger partial charge in [-0.15, -0.1) is 0 Å². The molecule has 0 spiro atoms. The number of rotatable bonds is 2. The van der Waals surface area contributed by atoms with Crippen LogP contribution in [0.4, 0.5) is 0 Å². The molecule has 0 aliphatic rings. The molecule has 0 saturated heterocycles. The maximum atomic E-state index is 10.9. The van der Waals surface area contributed by atoms with Crippen molar-refractivity contribution >= 4 is 23.9 Å². The fourth-order valence-corrected chi connectivity index (χ4v) is 1.29. The smallest absolute Gasteiger partial charge is 0.338 e. The minimum Gasteiger partial charge on any atom is -0.478 e. The summed E-state index contributed by atoms with van der Waals surface area (Å²) in [4.78, 5) is 20.9. The Morgan fingerprint density at radius 1 is 1.53 bits per heavy atom. The molecule has 0 aromatic heterocycles. The van der Waals surface area contributed by atoms with E-state index in [4.69, 9.17) is 16.7 Å². The fourth-order valence-electron chi connectivity index (χ4n) is 1.03. The SMILES string of the molecule is O=CCC#Cc1cccc(Cl)c1C(=O)O. The number of aldehydes is 1. The van der Waals surface area contributed by atoms with E-state index in [0.717, 1.165) is 0 Å². The van der Waals surface area contributed by atoms with Gasteiger partial charge in [0.2, 0.25) is 0 Å². The number of halogens is 1. The molecule has 0 aliphatic carbocycles. The summed E-state index contributed by atoms with van der Waals surface area (Å²) in [6.45, 7) is 0. The first-order chi connectivity index (χ1) is 7.16. The normalized spacial score (nSPS) is 8.87. The third kappa shape index (κ3) is 2.83. The van der Waals surface area contributed by atoms with E-state index >= 15 is 0 Å². The molecule has 15 heavy (non-hydrogen) atoms. The third-order valence-corrected chi connectivity index (χ3v) is 1.95. The van der Waals surface area contributed by atoms with Crippen molar-refractivity contribution in [3.05, 3.63) is 34.3 Å². The lowest BCUT2D eigenvalue weighted by atomic mass is 10.1. The summed E-state index contributed by atoms with van der Waals surface area (Å²) in [5.74, 6) is 3.99. The van der Waals surface area contributed by atoms with Crippen LogP contribution < -0.4 is 0 Å². The number of carboxylic acid groups (broad SMARTS) is 1. The van der Waals surface area contributed by atoms with Crippen molar-refractivity contribution < 1.29 is 14.7 Å². The van der Waals surface area contributed by atoms with E-state index in [1.54, 1.807) is 12.1 Å². The zero-order valence-corrected chi connectivity index (χ0v) is 8.41. The van der Waals surface area contributed by atoms with Crippen LogP contribution in [0.3, 0.4) is 0 Å². The molecule has 1 aromatic rings. The largest absolute Gasteiger partial charge is 0.478 e. The Labute approximate surface area is 91.7 Å². The maximum absolute atomic E-state index is 10.9. The lowest BCUT2D eigenvalue weighted by molar-refractivity contribution is -0.107. The Morgan fingerprint density at radius 3 is 2.87 bits per heavy atom. The van der Waals surface area contributed by atoms with E-state index < -0.39 is 5.97 Å². The van der Waals surface area contributed by atoms with E-state index in [0.29, 0.717) is 11.8 Å². The summed E-state index contributed by atoms with van der Waals surface area (Å²) in [6.07, 6.45) is 0.726. The topological polar surface area (TPSA) is 54.4 Å². The number of carbonyl (C=O) groups is 2. The molecule has 0 atom stereocenters. The van der Waals surface area contributed by atoms with E-state index in [-0.39, 0.29) is 17.0 Å². The second-order valence-corrected chi connectivity index (χ2v) is 3.05. The molecule has 1 aromatic carbocycles. The molecule has 0 aliphatic heterocycles. The van der Waals surface area contributed by atoms with E-state index in [9.17, 15) is 9.59 Å². The van der Waals surface area contributed by atoms with Gasteiger partial charge in [0, 0.05) is 5.56 Å². The van der Waals surface area contributed by atoms with Gasteiger partial charge in [0.15, 0.2) is 0 Å². The van der Waals surface area contributed by atoms with Crippen LogP contribution in [-0.2, 0) is 4.79 Å². The molecule has 0 saturated carbocycles. The van der Waals surface area contributed by atoms with Gasteiger partial charge in [-0.05, 0) is 12.1 Å². The van der Waals surface area contributed by atoms with Gasteiger partial charge in [0.1, 0.15) is 6.29 Å². The van der Waals surface area contributed by atoms with Crippen LogP contribution in [-0.4, -0.2) is 17.4 Å². The van der Waals surface area contributed by atoms with Crippen LogP contribution in [0.2, 0.25) is 5.02 Å². The minimum absolute atomic E-state index is 0.0300. The minimum atomic E-state index is -1.13. The highest BCUT2D eigenvalue weighted by atomic mass is 35.5. The molecule has 4 heteroatoms. The van der Waals surface area contributed by atoms with Gasteiger partial charge < -0.3 is 9.90 Å². The van der Waals surface area contributed by atoms with Crippen LogP contribution in [0.1, 0.15) is 22.3 Å². The lowest BCUT2D eigenvalue weighted by Gasteiger charge is -2.00. The Kier molecular flexibility index (Phi) is 3.90. The Hall–Kier alpha value is -1.79. The van der Waals surface area contributed by atoms with Crippen LogP contribution in [0.5, 0.6) is 0 Å². The van der Waals surface area contributed by atoms with Gasteiger partial charge in [-0.25, -0.2) is 4.79 Å². The van der Waals surface area contributed by atoms with Crippen LogP contribution >= 0.6 is 11.6 Å². The molecule has 0 unspecified atom stereocenters. The zero-order valence-electron chi connectivity index (χ0n) is 7.66. The molecule has 1 N–H and O–H groups in total. The first-order valence-electron chi connectivity index (χ1n) is 4.11. The summed E-state index contributed by atoms with van der Waals surface area (Å²) >= 11 is 5.72. The molecule has 3 nitrogen and oxygen atoms in total. The highest BCUT2D eigenvalue weighted by Crippen LogP contribution is 2.19. The van der Waals surface area contributed by atoms with E-state index in [1.807, 2.05) is 0 Å². The molecule has 0 amide bonds. The summed E-state index contributed by atoms with van der Waals surface area (Å²) in [7, 11) is 0. The van der Waals surface area contributed by atoms with Crippen molar-refractivity contribution in [1.82, 2.24) is 0 Å². The highest BCUT2D eigenvalue weighted by molar-refractivity contribution is 6.33. The van der Waals surface area contributed by atoms with Crippen LogP contribution in [0, 0.1) is 11.8 Å². The summed E-state index contributed by atoms with van der Waals surface area (Å²) < 4.78 is 0.